The summed E-state index contributed by atoms with van der Waals surface area (Å²) in [7, 11) is 0. The van der Waals surface area contributed by atoms with Crippen molar-refractivity contribution in [1.29, 1.82) is 0 Å². The molecule has 132 valence electrons. The van der Waals surface area contributed by atoms with E-state index >= 15 is 0 Å². The van der Waals surface area contributed by atoms with Gasteiger partial charge in [0.05, 0.1) is 12.2 Å². The maximum Gasteiger partial charge on any atom is 0.251 e. The van der Waals surface area contributed by atoms with Crippen LogP contribution in [0.1, 0.15) is 40.2 Å². The Balaban J connectivity index is 1.52. The van der Waals surface area contributed by atoms with E-state index in [9.17, 15) is 9.59 Å². The van der Waals surface area contributed by atoms with Crippen LogP contribution in [-0.2, 0) is 11.3 Å². The van der Waals surface area contributed by atoms with Gasteiger partial charge in [-0.3, -0.25) is 14.3 Å². The van der Waals surface area contributed by atoms with E-state index in [4.69, 9.17) is 0 Å². The molecular formula is C19H24N4O2. The Bertz CT molecular complexity index is 777. The van der Waals surface area contributed by atoms with Crippen LogP contribution < -0.4 is 10.6 Å². The summed E-state index contributed by atoms with van der Waals surface area (Å²) in [6.07, 6.45) is 1.97. The summed E-state index contributed by atoms with van der Waals surface area (Å²) in [6, 6.07) is 9.58. The molecule has 0 bridgehead atoms. The van der Waals surface area contributed by atoms with Gasteiger partial charge in [0, 0.05) is 30.3 Å². The van der Waals surface area contributed by atoms with Crippen LogP contribution in [0.5, 0.6) is 0 Å². The third kappa shape index (κ3) is 4.68. The molecular weight excluding hydrogens is 316 g/mol. The van der Waals surface area contributed by atoms with Gasteiger partial charge in [-0.25, -0.2) is 0 Å². The van der Waals surface area contributed by atoms with Crippen molar-refractivity contribution in [3.8, 4) is 0 Å². The third-order valence-corrected chi connectivity index (χ3v) is 4.28. The van der Waals surface area contributed by atoms with Crippen molar-refractivity contribution in [2.24, 2.45) is 5.92 Å². The van der Waals surface area contributed by atoms with Crippen LogP contribution in [0, 0.1) is 19.8 Å². The summed E-state index contributed by atoms with van der Waals surface area (Å²) in [6.45, 7) is 5.52. The number of amides is 2. The molecule has 6 nitrogen and oxygen atoms in total. The van der Waals surface area contributed by atoms with Gasteiger partial charge in [-0.05, 0) is 50.5 Å². The molecule has 0 aliphatic heterocycles. The molecule has 2 N–H and O–H groups in total. The maximum atomic E-state index is 12.3. The molecule has 6 heteroatoms. The predicted molar refractivity (Wildman–Crippen MR) is 95.3 cm³/mol. The maximum absolute atomic E-state index is 12.3. The lowest BCUT2D eigenvalue weighted by Gasteiger charge is -2.09. The Morgan fingerprint density at radius 2 is 1.92 bits per heavy atom. The lowest BCUT2D eigenvalue weighted by molar-refractivity contribution is -0.122. The molecule has 3 rings (SSSR count). The molecule has 1 fully saturated rings. The Morgan fingerprint density at radius 1 is 1.16 bits per heavy atom. The van der Waals surface area contributed by atoms with Crippen molar-refractivity contribution >= 4 is 11.8 Å². The van der Waals surface area contributed by atoms with E-state index in [-0.39, 0.29) is 17.7 Å². The second kappa shape index (κ2) is 7.51. The van der Waals surface area contributed by atoms with Gasteiger partial charge < -0.3 is 10.6 Å². The molecule has 1 aromatic heterocycles. The van der Waals surface area contributed by atoms with Gasteiger partial charge >= 0.3 is 0 Å². The highest BCUT2D eigenvalue weighted by Gasteiger charge is 2.28. The molecule has 1 aromatic carbocycles. The van der Waals surface area contributed by atoms with Crippen LogP contribution >= 0.6 is 0 Å². The molecule has 2 amide bonds. The Labute approximate surface area is 147 Å². The molecule has 1 saturated carbocycles. The molecule has 0 radical (unpaired) electrons. The number of carbonyl (C=O) groups excluding carboxylic acids is 2. The lowest BCUT2D eigenvalue weighted by Crippen LogP contribution is -2.35. The number of aryl methyl sites for hydroxylation is 2. The van der Waals surface area contributed by atoms with Crippen molar-refractivity contribution < 1.29 is 9.59 Å². The van der Waals surface area contributed by atoms with Crippen LogP contribution in [0.4, 0.5) is 0 Å². The highest BCUT2D eigenvalue weighted by Crippen LogP contribution is 2.28. The summed E-state index contributed by atoms with van der Waals surface area (Å²) in [4.78, 5) is 23.8. The molecule has 1 aliphatic carbocycles. The summed E-state index contributed by atoms with van der Waals surface area (Å²) >= 11 is 0. The molecule has 1 aliphatic rings. The van der Waals surface area contributed by atoms with E-state index in [0.29, 0.717) is 25.2 Å². The van der Waals surface area contributed by atoms with Gasteiger partial charge in [-0.2, -0.15) is 5.10 Å². The minimum absolute atomic E-state index is 0.0983. The van der Waals surface area contributed by atoms with E-state index in [1.807, 2.05) is 42.8 Å². The zero-order chi connectivity index (χ0) is 17.8. The van der Waals surface area contributed by atoms with Gasteiger partial charge in [0.1, 0.15) is 0 Å². The standard InChI is InChI=1S/C19H24N4O2/c1-13-10-14(2)23(22-13)12-15-4-3-5-17(11-15)19(25)21-9-8-20-18(24)16-6-7-16/h3-5,10-11,16H,6-9,12H2,1-2H3,(H,20,24)(H,21,25). The van der Waals surface area contributed by atoms with Gasteiger partial charge in [-0.1, -0.05) is 12.1 Å². The fourth-order valence-corrected chi connectivity index (χ4v) is 2.77. The zero-order valence-corrected chi connectivity index (χ0v) is 14.7. The molecule has 1 heterocycles. The SMILES string of the molecule is Cc1cc(C)n(Cc2cccc(C(=O)NCCNC(=O)C3CC3)c2)n1. The molecule has 2 aromatic rings. The molecule has 0 atom stereocenters. The smallest absolute Gasteiger partial charge is 0.251 e. The number of nitrogens with one attached hydrogen (secondary N) is 2. The minimum atomic E-state index is -0.129. The van der Waals surface area contributed by atoms with Crippen molar-refractivity contribution in [2.75, 3.05) is 13.1 Å². The fraction of sp³-hybridized carbons (Fsp3) is 0.421. The quantitative estimate of drug-likeness (QED) is 0.755. The summed E-state index contributed by atoms with van der Waals surface area (Å²) in [5.74, 6) is 0.166. The van der Waals surface area contributed by atoms with Crippen LogP contribution in [0.2, 0.25) is 0 Å². The first kappa shape index (κ1) is 17.2. The van der Waals surface area contributed by atoms with Crippen LogP contribution in [0.15, 0.2) is 30.3 Å². The van der Waals surface area contributed by atoms with Gasteiger partial charge in [-0.15, -0.1) is 0 Å². The molecule has 0 saturated heterocycles. The average molecular weight is 340 g/mol. The summed E-state index contributed by atoms with van der Waals surface area (Å²) in [5.41, 5.74) is 3.73. The number of nitrogens with zero attached hydrogens (tertiary/aromatic N) is 2. The second-order valence-corrected chi connectivity index (χ2v) is 6.61. The van der Waals surface area contributed by atoms with Crippen molar-refractivity contribution in [3.63, 3.8) is 0 Å². The van der Waals surface area contributed by atoms with Gasteiger partial charge in [0.2, 0.25) is 5.91 Å². The second-order valence-electron chi connectivity index (χ2n) is 6.61. The summed E-state index contributed by atoms with van der Waals surface area (Å²) < 4.78 is 1.93. The Hall–Kier alpha value is -2.63. The predicted octanol–water partition coefficient (Wildman–Crippen LogP) is 1.80. The molecule has 25 heavy (non-hydrogen) atoms. The fourth-order valence-electron chi connectivity index (χ4n) is 2.77. The normalized spacial score (nSPS) is 13.5. The third-order valence-electron chi connectivity index (χ3n) is 4.28. The van der Waals surface area contributed by atoms with E-state index < -0.39 is 0 Å². The van der Waals surface area contributed by atoms with Crippen molar-refractivity contribution in [1.82, 2.24) is 20.4 Å². The van der Waals surface area contributed by atoms with E-state index in [1.54, 1.807) is 6.07 Å². The van der Waals surface area contributed by atoms with E-state index in [2.05, 4.69) is 15.7 Å². The van der Waals surface area contributed by atoms with E-state index in [0.717, 1.165) is 29.8 Å². The topological polar surface area (TPSA) is 76.0 Å². The number of carbonyl (C=O) groups is 2. The Morgan fingerprint density at radius 3 is 2.60 bits per heavy atom. The van der Waals surface area contributed by atoms with Crippen LogP contribution in [0.3, 0.4) is 0 Å². The van der Waals surface area contributed by atoms with Gasteiger partial charge in [0.25, 0.3) is 5.91 Å². The molecule has 0 spiro atoms. The van der Waals surface area contributed by atoms with Crippen molar-refractivity contribution in [3.05, 3.63) is 52.8 Å². The average Bonchev–Trinajstić information content (AvgIpc) is 3.38. The molecule has 0 unspecified atom stereocenters. The number of benzene rings is 1. The van der Waals surface area contributed by atoms with E-state index in [1.165, 1.54) is 0 Å². The first-order chi connectivity index (χ1) is 12.0. The number of aromatic nitrogens is 2. The summed E-state index contributed by atoms with van der Waals surface area (Å²) in [5, 5.41) is 10.1. The highest BCUT2D eigenvalue weighted by molar-refractivity contribution is 5.94. The number of hydrogen-bond donors (Lipinski definition) is 2. The zero-order valence-electron chi connectivity index (χ0n) is 14.7. The monoisotopic (exact) mass is 340 g/mol. The van der Waals surface area contributed by atoms with Crippen LogP contribution in [0.25, 0.3) is 0 Å². The first-order valence-corrected chi connectivity index (χ1v) is 8.69. The first-order valence-electron chi connectivity index (χ1n) is 8.69. The Kier molecular flexibility index (Phi) is 5.16. The number of rotatable bonds is 7. The van der Waals surface area contributed by atoms with Crippen molar-refractivity contribution in [2.45, 2.75) is 33.2 Å². The largest absolute Gasteiger partial charge is 0.354 e. The minimum Gasteiger partial charge on any atom is -0.354 e. The highest BCUT2D eigenvalue weighted by atomic mass is 16.2. The number of hydrogen-bond acceptors (Lipinski definition) is 3. The van der Waals surface area contributed by atoms with Crippen LogP contribution in [-0.4, -0.2) is 34.7 Å². The lowest BCUT2D eigenvalue weighted by atomic mass is 10.1. The van der Waals surface area contributed by atoms with Gasteiger partial charge in [0.15, 0.2) is 0 Å².